The van der Waals surface area contributed by atoms with E-state index in [9.17, 15) is 4.79 Å². The van der Waals surface area contributed by atoms with E-state index in [1.165, 1.54) is 11.3 Å². The van der Waals surface area contributed by atoms with Gasteiger partial charge >= 0.3 is 0 Å². The van der Waals surface area contributed by atoms with E-state index >= 15 is 0 Å². The molecule has 17 heavy (non-hydrogen) atoms. The van der Waals surface area contributed by atoms with Gasteiger partial charge < -0.3 is 0 Å². The van der Waals surface area contributed by atoms with Gasteiger partial charge in [-0.25, -0.2) is 4.98 Å². The van der Waals surface area contributed by atoms with E-state index in [2.05, 4.69) is 4.98 Å². The van der Waals surface area contributed by atoms with Gasteiger partial charge in [0.1, 0.15) is 5.69 Å². The average molecular weight is 239 g/mol. The monoisotopic (exact) mass is 239 g/mol. The molecule has 0 unspecified atom stereocenters. The van der Waals surface area contributed by atoms with Crippen molar-refractivity contribution in [3.05, 3.63) is 64.5 Å². The summed E-state index contributed by atoms with van der Waals surface area (Å²) in [5.41, 5.74) is 1.36. The van der Waals surface area contributed by atoms with Crippen molar-refractivity contribution in [2.75, 3.05) is 0 Å². The summed E-state index contributed by atoms with van der Waals surface area (Å²) in [6.45, 7) is 0. The van der Waals surface area contributed by atoms with Crippen molar-refractivity contribution in [2.24, 2.45) is 0 Å². The first kappa shape index (κ1) is 10.2. The van der Waals surface area contributed by atoms with Crippen LogP contribution in [-0.2, 0) is 0 Å². The van der Waals surface area contributed by atoms with Crippen molar-refractivity contribution in [1.29, 1.82) is 0 Å². The Morgan fingerprint density at radius 2 is 1.88 bits per heavy atom. The minimum absolute atomic E-state index is 0.00856. The Morgan fingerprint density at radius 1 is 1.00 bits per heavy atom. The Morgan fingerprint density at radius 3 is 2.71 bits per heavy atom. The molecule has 0 N–H and O–H groups in total. The van der Waals surface area contributed by atoms with Crippen LogP contribution >= 0.6 is 11.3 Å². The van der Waals surface area contributed by atoms with Crippen LogP contribution in [0.1, 0.15) is 15.4 Å². The number of carbonyl (C=O) groups excluding carboxylic acids is 1. The molecule has 0 bridgehead atoms. The van der Waals surface area contributed by atoms with Crippen LogP contribution in [0.2, 0.25) is 0 Å². The number of hydrogen-bond acceptors (Lipinski definition) is 3. The van der Waals surface area contributed by atoms with Crippen LogP contribution in [0.4, 0.5) is 0 Å². The van der Waals surface area contributed by atoms with Crippen LogP contribution in [0.25, 0.3) is 10.9 Å². The molecule has 0 saturated heterocycles. The molecule has 2 aromatic heterocycles. The van der Waals surface area contributed by atoms with Gasteiger partial charge in [0, 0.05) is 5.39 Å². The number of carbonyl (C=O) groups is 1. The third-order valence-corrected chi connectivity index (χ3v) is 3.44. The zero-order valence-corrected chi connectivity index (χ0v) is 9.78. The molecule has 0 aliphatic carbocycles. The van der Waals surface area contributed by atoms with Gasteiger partial charge in [0.2, 0.25) is 5.78 Å². The molecule has 0 amide bonds. The summed E-state index contributed by atoms with van der Waals surface area (Å²) in [6.07, 6.45) is 0. The largest absolute Gasteiger partial charge is 0.286 e. The summed E-state index contributed by atoms with van der Waals surface area (Å²) >= 11 is 1.44. The molecule has 0 saturated carbocycles. The lowest BCUT2D eigenvalue weighted by molar-refractivity contribution is 0.103. The lowest BCUT2D eigenvalue weighted by Crippen LogP contribution is -2.01. The number of thiophene rings is 1. The lowest BCUT2D eigenvalue weighted by atomic mass is 10.1. The van der Waals surface area contributed by atoms with Crippen LogP contribution in [-0.4, -0.2) is 10.8 Å². The van der Waals surface area contributed by atoms with Crippen LogP contribution < -0.4 is 0 Å². The van der Waals surface area contributed by atoms with E-state index in [4.69, 9.17) is 0 Å². The molecular weight excluding hydrogens is 230 g/mol. The molecular formula is C14H9NOS. The highest BCUT2D eigenvalue weighted by atomic mass is 32.1. The molecule has 0 aliphatic rings. The molecule has 3 rings (SSSR count). The van der Waals surface area contributed by atoms with Gasteiger partial charge in [0.15, 0.2) is 0 Å². The maximum absolute atomic E-state index is 12.1. The summed E-state index contributed by atoms with van der Waals surface area (Å²) < 4.78 is 0. The molecule has 0 atom stereocenters. The van der Waals surface area contributed by atoms with E-state index in [-0.39, 0.29) is 5.78 Å². The van der Waals surface area contributed by atoms with Gasteiger partial charge in [-0.15, -0.1) is 11.3 Å². The predicted octanol–water partition coefficient (Wildman–Crippen LogP) is 3.53. The van der Waals surface area contributed by atoms with Crippen molar-refractivity contribution >= 4 is 28.0 Å². The van der Waals surface area contributed by atoms with Gasteiger partial charge in [-0.2, -0.15) is 0 Å². The lowest BCUT2D eigenvalue weighted by Gasteiger charge is -2.00. The highest BCUT2D eigenvalue weighted by Gasteiger charge is 2.11. The molecule has 0 radical (unpaired) electrons. The molecule has 0 aliphatic heterocycles. The van der Waals surface area contributed by atoms with E-state index in [1.807, 2.05) is 47.8 Å². The second-order valence-electron chi connectivity index (χ2n) is 3.70. The summed E-state index contributed by atoms with van der Waals surface area (Å²) in [6, 6.07) is 15.2. The number of benzene rings is 1. The second kappa shape index (κ2) is 4.11. The summed E-state index contributed by atoms with van der Waals surface area (Å²) in [5, 5.41) is 2.95. The number of nitrogens with zero attached hydrogens (tertiary/aromatic N) is 1. The average Bonchev–Trinajstić information content (AvgIpc) is 2.91. The smallest absolute Gasteiger partial charge is 0.221 e. The zero-order valence-electron chi connectivity index (χ0n) is 8.96. The fourth-order valence-electron chi connectivity index (χ4n) is 1.73. The Labute approximate surface area is 103 Å². The highest BCUT2D eigenvalue weighted by Crippen LogP contribution is 2.17. The standard InChI is InChI=1S/C14H9NOS/c16-14(13-6-3-9-17-13)12-8-7-10-4-1-2-5-11(10)15-12/h1-9H. The molecule has 82 valence electrons. The number of para-hydroxylation sites is 1. The summed E-state index contributed by atoms with van der Waals surface area (Å²) in [4.78, 5) is 17.2. The Hall–Kier alpha value is -2.00. The Balaban J connectivity index is 2.09. The molecule has 2 nitrogen and oxygen atoms in total. The van der Waals surface area contributed by atoms with Crippen molar-refractivity contribution in [3.63, 3.8) is 0 Å². The van der Waals surface area contributed by atoms with Gasteiger partial charge in [0.05, 0.1) is 10.4 Å². The highest BCUT2D eigenvalue weighted by molar-refractivity contribution is 7.12. The van der Waals surface area contributed by atoms with Gasteiger partial charge in [0.25, 0.3) is 0 Å². The summed E-state index contributed by atoms with van der Waals surface area (Å²) in [5.74, 6) is -0.00856. The second-order valence-corrected chi connectivity index (χ2v) is 4.64. The first-order valence-electron chi connectivity index (χ1n) is 5.28. The number of fused-ring (bicyclic) bond motifs is 1. The number of rotatable bonds is 2. The minimum Gasteiger partial charge on any atom is -0.286 e. The van der Waals surface area contributed by atoms with E-state index < -0.39 is 0 Å². The quantitative estimate of drug-likeness (QED) is 0.640. The number of ketones is 1. The van der Waals surface area contributed by atoms with E-state index in [0.29, 0.717) is 5.69 Å². The topological polar surface area (TPSA) is 30.0 Å². The normalized spacial score (nSPS) is 10.6. The van der Waals surface area contributed by atoms with Crippen molar-refractivity contribution in [1.82, 2.24) is 4.98 Å². The van der Waals surface area contributed by atoms with Gasteiger partial charge in [-0.1, -0.05) is 30.3 Å². The third kappa shape index (κ3) is 1.85. The number of hydrogen-bond donors (Lipinski definition) is 0. The Bertz CT molecular complexity index is 674. The first-order chi connectivity index (χ1) is 8.34. The number of pyridine rings is 1. The van der Waals surface area contributed by atoms with Crippen molar-refractivity contribution < 1.29 is 4.79 Å². The third-order valence-electron chi connectivity index (χ3n) is 2.58. The van der Waals surface area contributed by atoms with Crippen molar-refractivity contribution in [3.8, 4) is 0 Å². The van der Waals surface area contributed by atoms with E-state index in [1.54, 1.807) is 6.07 Å². The molecule has 2 heterocycles. The summed E-state index contributed by atoms with van der Waals surface area (Å²) in [7, 11) is 0. The zero-order chi connectivity index (χ0) is 11.7. The first-order valence-corrected chi connectivity index (χ1v) is 6.16. The molecule has 3 aromatic rings. The molecule has 0 fully saturated rings. The molecule has 0 spiro atoms. The van der Waals surface area contributed by atoms with Crippen LogP contribution in [0.3, 0.4) is 0 Å². The molecule has 1 aromatic carbocycles. The Kier molecular flexibility index (Phi) is 2.46. The van der Waals surface area contributed by atoms with Crippen LogP contribution in [0, 0.1) is 0 Å². The maximum atomic E-state index is 12.1. The fraction of sp³-hybridized carbons (Fsp3) is 0. The predicted molar refractivity (Wildman–Crippen MR) is 69.5 cm³/mol. The van der Waals surface area contributed by atoms with Gasteiger partial charge in [-0.05, 0) is 23.6 Å². The number of aromatic nitrogens is 1. The maximum Gasteiger partial charge on any atom is 0.221 e. The van der Waals surface area contributed by atoms with Crippen LogP contribution in [0.5, 0.6) is 0 Å². The van der Waals surface area contributed by atoms with Crippen molar-refractivity contribution in [2.45, 2.75) is 0 Å². The van der Waals surface area contributed by atoms with Crippen LogP contribution in [0.15, 0.2) is 53.9 Å². The van der Waals surface area contributed by atoms with Gasteiger partial charge in [-0.3, -0.25) is 4.79 Å². The SMILES string of the molecule is O=C(c1ccc2ccccc2n1)c1cccs1. The molecule has 3 heteroatoms. The van der Waals surface area contributed by atoms with E-state index in [0.717, 1.165) is 15.8 Å². The fourth-order valence-corrected chi connectivity index (χ4v) is 2.40. The minimum atomic E-state index is -0.00856.